The largest absolute Gasteiger partial charge is 0.310 e. The summed E-state index contributed by atoms with van der Waals surface area (Å²) in [4.78, 5) is 2.44. The van der Waals surface area contributed by atoms with Gasteiger partial charge in [-0.3, -0.25) is 0 Å². The van der Waals surface area contributed by atoms with Gasteiger partial charge < -0.3 is 14.0 Å². The van der Waals surface area contributed by atoms with E-state index in [1.54, 1.807) is 0 Å². The van der Waals surface area contributed by atoms with E-state index in [9.17, 15) is 0 Å². The van der Waals surface area contributed by atoms with Crippen LogP contribution in [0, 0.1) is 0 Å². The van der Waals surface area contributed by atoms with Crippen molar-refractivity contribution < 1.29 is 0 Å². The summed E-state index contributed by atoms with van der Waals surface area (Å²) in [6.45, 7) is 0. The predicted octanol–water partition coefficient (Wildman–Crippen LogP) is 21.8. The number of nitrogens with zero attached hydrogens (tertiary/aromatic N) is 3. The maximum Gasteiger partial charge on any atom is 0.0754 e. The SMILES string of the molecule is c1ccc(-c2ccccc2-c2ccccc2N(c2ccc(-c3ccc(-n4c5ccccc5c5ccccc54)cc3)cc2)c2ccc3cc(-c4ccc5c(c4)C4(c6ccccc6-5)c5ccccc5-n5c6ccccc6c6cccc4c65)ccc3c2)cc1. The molecule has 16 aromatic rings. The van der Waals surface area contributed by atoms with Crippen LogP contribution >= 0.6 is 0 Å². The Balaban J connectivity index is 0.754. The first-order chi connectivity index (χ1) is 42.7. The summed E-state index contributed by atoms with van der Waals surface area (Å²) in [5.41, 5.74) is 27.4. The summed E-state index contributed by atoms with van der Waals surface area (Å²) >= 11 is 0. The van der Waals surface area contributed by atoms with Gasteiger partial charge in [-0.25, -0.2) is 0 Å². The molecule has 0 saturated carbocycles. The van der Waals surface area contributed by atoms with E-state index < -0.39 is 5.41 Å². The Kier molecular flexibility index (Phi) is 10.6. The second-order valence-corrected chi connectivity index (χ2v) is 23.1. The number of benzene rings is 14. The van der Waals surface area contributed by atoms with E-state index in [4.69, 9.17) is 0 Å². The molecule has 0 N–H and O–H groups in total. The molecule has 86 heavy (non-hydrogen) atoms. The Hall–Kier alpha value is -11.3. The average Bonchev–Trinajstić information content (AvgIpc) is 1.48. The maximum atomic E-state index is 2.52. The Labute approximate surface area is 498 Å². The summed E-state index contributed by atoms with van der Waals surface area (Å²) < 4.78 is 4.90. The molecule has 1 aliphatic heterocycles. The van der Waals surface area contributed by atoms with Gasteiger partial charge >= 0.3 is 0 Å². The van der Waals surface area contributed by atoms with Gasteiger partial charge in [0.2, 0.25) is 0 Å². The third kappa shape index (κ3) is 7.03. The van der Waals surface area contributed by atoms with E-state index >= 15 is 0 Å². The molecule has 3 nitrogen and oxygen atoms in total. The number of aromatic nitrogens is 2. The molecule has 2 aliphatic rings. The summed E-state index contributed by atoms with van der Waals surface area (Å²) in [6, 6.07) is 119. The standard InChI is InChI=1S/C83H53N3/c1-2-19-56(20-3-1)64-21-4-5-22-65(64)68-24-7-13-32-77(68)84(61-45-39-54(40-46-61)55-41-47-62(48-42-55)85-78-33-14-8-25-69(78)70-26-9-15-34-79(70)85)63-49-43-58-51-57(37-38-59(58)52-63)60-44-50-67-66-23-6-11-29-73(66)83(76(67)53-60)74-30-12-17-36-81(74)86-80-35-16-10-27-71(80)72-28-18-31-75(83)82(72)86/h1-53H. The molecule has 0 radical (unpaired) electrons. The number of rotatable bonds is 8. The summed E-state index contributed by atoms with van der Waals surface area (Å²) in [7, 11) is 0. The monoisotopic (exact) mass is 1090 g/mol. The van der Waals surface area contributed by atoms with Crippen molar-refractivity contribution in [1.29, 1.82) is 0 Å². The molecule has 0 bridgehead atoms. The van der Waals surface area contributed by atoms with Gasteiger partial charge in [0, 0.05) is 44.2 Å². The van der Waals surface area contributed by atoms with Gasteiger partial charge in [0.05, 0.1) is 38.9 Å². The number of fused-ring (bicyclic) bond motifs is 16. The second-order valence-electron chi connectivity index (χ2n) is 23.1. The zero-order chi connectivity index (χ0) is 56.5. The molecule has 3 heterocycles. The summed E-state index contributed by atoms with van der Waals surface area (Å²) in [6.07, 6.45) is 0. The molecule has 18 rings (SSSR count). The number of hydrogen-bond donors (Lipinski definition) is 0. The highest BCUT2D eigenvalue weighted by Gasteiger charge is 2.51. The third-order valence-corrected chi connectivity index (χ3v) is 18.7. The first kappa shape index (κ1) is 48.3. The first-order valence-corrected chi connectivity index (χ1v) is 29.8. The van der Waals surface area contributed by atoms with Gasteiger partial charge in [-0.2, -0.15) is 0 Å². The maximum absolute atomic E-state index is 2.52. The van der Waals surface area contributed by atoms with Crippen molar-refractivity contribution in [3.05, 3.63) is 344 Å². The Morgan fingerprint density at radius 1 is 0.256 bits per heavy atom. The van der Waals surface area contributed by atoms with Crippen LogP contribution in [0.25, 0.3) is 121 Å². The number of anilines is 3. The normalized spacial score (nSPS) is 13.9. The molecule has 2 aromatic heterocycles. The molecular weight excluding hydrogens is 1040 g/mol. The zero-order valence-electron chi connectivity index (χ0n) is 46.9. The lowest BCUT2D eigenvalue weighted by Crippen LogP contribution is -2.33. The van der Waals surface area contributed by atoms with Crippen LogP contribution in [0.1, 0.15) is 22.3 Å². The van der Waals surface area contributed by atoms with Gasteiger partial charge in [-0.1, -0.05) is 243 Å². The molecule has 1 aliphatic carbocycles. The fourth-order valence-electron chi connectivity index (χ4n) is 15.0. The van der Waals surface area contributed by atoms with Gasteiger partial charge in [-0.05, 0) is 162 Å². The molecule has 1 atom stereocenters. The second kappa shape index (κ2) is 18.9. The highest BCUT2D eigenvalue weighted by molar-refractivity contribution is 6.13. The minimum atomic E-state index is -0.521. The van der Waals surface area contributed by atoms with Gasteiger partial charge in [0.1, 0.15) is 0 Å². The summed E-state index contributed by atoms with van der Waals surface area (Å²) in [5.74, 6) is 0. The van der Waals surface area contributed by atoms with Crippen LogP contribution in [0.5, 0.6) is 0 Å². The van der Waals surface area contributed by atoms with Crippen molar-refractivity contribution in [3.8, 4) is 67.0 Å². The molecule has 400 valence electrons. The molecule has 1 unspecified atom stereocenters. The predicted molar refractivity (Wildman–Crippen MR) is 360 cm³/mol. The molecule has 0 saturated heterocycles. The van der Waals surface area contributed by atoms with Crippen LogP contribution in [0.4, 0.5) is 17.1 Å². The lowest BCUT2D eigenvalue weighted by molar-refractivity contribution is 0.749. The Morgan fingerprint density at radius 2 is 0.756 bits per heavy atom. The van der Waals surface area contributed by atoms with Crippen LogP contribution in [0.15, 0.2) is 322 Å². The highest BCUT2D eigenvalue weighted by Crippen LogP contribution is 2.61. The minimum absolute atomic E-state index is 0.521. The van der Waals surface area contributed by atoms with Crippen molar-refractivity contribution >= 4 is 71.4 Å². The van der Waals surface area contributed by atoms with Crippen LogP contribution in [-0.2, 0) is 5.41 Å². The molecule has 0 amide bonds. The fraction of sp³-hybridized carbons (Fsp3) is 0.0120. The van der Waals surface area contributed by atoms with Crippen molar-refractivity contribution in [3.63, 3.8) is 0 Å². The number of hydrogen-bond acceptors (Lipinski definition) is 1. The third-order valence-electron chi connectivity index (χ3n) is 18.7. The van der Waals surface area contributed by atoms with Gasteiger partial charge in [0.25, 0.3) is 0 Å². The van der Waals surface area contributed by atoms with Crippen LogP contribution in [0.3, 0.4) is 0 Å². The topological polar surface area (TPSA) is 13.1 Å². The molecule has 14 aromatic carbocycles. The van der Waals surface area contributed by atoms with E-state index in [-0.39, 0.29) is 0 Å². The van der Waals surface area contributed by atoms with Crippen LogP contribution < -0.4 is 4.90 Å². The van der Waals surface area contributed by atoms with E-state index in [1.165, 1.54) is 127 Å². The first-order valence-electron chi connectivity index (χ1n) is 29.8. The molecular formula is C83H53N3. The van der Waals surface area contributed by atoms with E-state index in [1.807, 2.05) is 0 Å². The van der Waals surface area contributed by atoms with Crippen LogP contribution in [-0.4, -0.2) is 9.13 Å². The quantitative estimate of drug-likeness (QED) is 0.148. The smallest absolute Gasteiger partial charge is 0.0754 e. The Morgan fingerprint density at radius 3 is 1.51 bits per heavy atom. The average molecular weight is 1090 g/mol. The van der Waals surface area contributed by atoms with Crippen molar-refractivity contribution in [2.24, 2.45) is 0 Å². The lowest BCUT2D eigenvalue weighted by Gasteiger charge is -2.39. The van der Waals surface area contributed by atoms with Crippen molar-refractivity contribution in [1.82, 2.24) is 9.13 Å². The van der Waals surface area contributed by atoms with Gasteiger partial charge in [-0.15, -0.1) is 0 Å². The van der Waals surface area contributed by atoms with Crippen molar-refractivity contribution in [2.75, 3.05) is 4.90 Å². The van der Waals surface area contributed by atoms with Gasteiger partial charge in [0.15, 0.2) is 0 Å². The highest BCUT2D eigenvalue weighted by atomic mass is 15.1. The summed E-state index contributed by atoms with van der Waals surface area (Å²) in [5, 5.41) is 7.45. The van der Waals surface area contributed by atoms with Crippen molar-refractivity contribution in [2.45, 2.75) is 5.41 Å². The molecule has 1 spiro atoms. The molecule has 3 heteroatoms. The van der Waals surface area contributed by atoms with E-state index in [2.05, 4.69) is 336 Å². The van der Waals surface area contributed by atoms with E-state index in [0.717, 1.165) is 33.9 Å². The van der Waals surface area contributed by atoms with E-state index in [0.29, 0.717) is 0 Å². The minimum Gasteiger partial charge on any atom is -0.310 e. The lowest BCUT2D eigenvalue weighted by atomic mass is 9.65. The number of para-hydroxylation sites is 6. The zero-order valence-corrected chi connectivity index (χ0v) is 46.9. The van der Waals surface area contributed by atoms with Crippen LogP contribution in [0.2, 0.25) is 0 Å². The fourth-order valence-corrected chi connectivity index (χ4v) is 15.0. The molecule has 0 fully saturated rings. The Bertz CT molecular complexity index is 5360.